The molecule has 0 aliphatic heterocycles. The van der Waals surface area contributed by atoms with Gasteiger partial charge in [0.2, 0.25) is 0 Å². The molecular weight excluding hydrogens is 254 g/mol. The molecule has 0 aliphatic carbocycles. The van der Waals surface area contributed by atoms with Crippen LogP contribution in [-0.2, 0) is 5.75 Å². The summed E-state index contributed by atoms with van der Waals surface area (Å²) in [7, 11) is 0. The van der Waals surface area contributed by atoms with Gasteiger partial charge in [0, 0.05) is 16.8 Å². The first-order chi connectivity index (χ1) is 7.25. The van der Waals surface area contributed by atoms with Crippen LogP contribution in [0.5, 0.6) is 0 Å². The van der Waals surface area contributed by atoms with Crippen LogP contribution in [0.4, 0.5) is 0 Å². The lowest BCUT2D eigenvalue weighted by Gasteiger charge is -1.97. The summed E-state index contributed by atoms with van der Waals surface area (Å²) in [6.07, 6.45) is 1.79. The van der Waals surface area contributed by atoms with Crippen molar-refractivity contribution in [3.05, 3.63) is 38.2 Å². The Balaban J connectivity index is 2.11. The van der Waals surface area contributed by atoms with Crippen LogP contribution < -0.4 is 5.56 Å². The maximum absolute atomic E-state index is 11.3. The largest absolute Gasteiger partial charge is 0.277 e. The van der Waals surface area contributed by atoms with Crippen molar-refractivity contribution >= 4 is 34.7 Å². The number of aromatic nitrogens is 3. The minimum Gasteiger partial charge on any atom is -0.267 e. The Kier molecular flexibility index (Phi) is 3.40. The summed E-state index contributed by atoms with van der Waals surface area (Å²) in [6, 6.07) is 1.56. The number of nitrogens with one attached hydrogen (secondary N) is 1. The second-order valence-electron chi connectivity index (χ2n) is 2.64. The summed E-state index contributed by atoms with van der Waals surface area (Å²) in [5.74, 6) is 0.716. The van der Waals surface area contributed by atoms with E-state index in [2.05, 4.69) is 15.2 Å². The molecule has 0 saturated heterocycles. The predicted octanol–water partition coefficient (Wildman–Crippen LogP) is 2.17. The first-order valence-electron chi connectivity index (χ1n) is 4.01. The van der Waals surface area contributed by atoms with Crippen LogP contribution in [0.15, 0.2) is 27.5 Å². The molecule has 0 radical (unpaired) electrons. The van der Waals surface area contributed by atoms with Crippen molar-refractivity contribution in [1.82, 2.24) is 15.2 Å². The van der Waals surface area contributed by atoms with Crippen LogP contribution in [0.25, 0.3) is 0 Å². The highest BCUT2D eigenvalue weighted by molar-refractivity contribution is 7.98. The molecule has 0 fully saturated rings. The van der Waals surface area contributed by atoms with Crippen LogP contribution >= 0.6 is 34.7 Å². The summed E-state index contributed by atoms with van der Waals surface area (Å²) in [6.45, 7) is 0. The van der Waals surface area contributed by atoms with E-state index in [1.165, 1.54) is 11.8 Å². The average molecular weight is 260 g/mol. The Morgan fingerprint density at radius 2 is 2.47 bits per heavy atom. The van der Waals surface area contributed by atoms with Crippen molar-refractivity contribution in [3.8, 4) is 0 Å². The summed E-state index contributed by atoms with van der Waals surface area (Å²) >= 11 is 8.65. The number of halogens is 1. The first kappa shape index (κ1) is 10.7. The van der Waals surface area contributed by atoms with Crippen molar-refractivity contribution in [2.45, 2.75) is 10.6 Å². The Morgan fingerprint density at radius 1 is 1.60 bits per heavy atom. The number of thiazole rings is 1. The summed E-state index contributed by atoms with van der Waals surface area (Å²) in [5, 5.41) is 6.21. The lowest BCUT2D eigenvalue weighted by molar-refractivity contribution is 0.947. The molecule has 15 heavy (non-hydrogen) atoms. The number of thioether (sulfide) groups is 1. The van der Waals surface area contributed by atoms with Crippen LogP contribution in [0.1, 0.15) is 4.88 Å². The summed E-state index contributed by atoms with van der Waals surface area (Å²) < 4.78 is 0. The predicted molar refractivity (Wildman–Crippen MR) is 61.5 cm³/mol. The van der Waals surface area contributed by atoms with Gasteiger partial charge in [-0.1, -0.05) is 11.6 Å². The quantitative estimate of drug-likeness (QED) is 0.859. The lowest BCUT2D eigenvalue weighted by atomic mass is 10.6. The van der Waals surface area contributed by atoms with Crippen molar-refractivity contribution in [2.75, 3.05) is 0 Å². The Bertz CT molecular complexity index is 497. The molecule has 2 rings (SSSR count). The molecule has 0 bridgehead atoms. The number of H-pyrrole nitrogens is 1. The molecule has 2 aromatic heterocycles. The summed E-state index contributed by atoms with van der Waals surface area (Å²) in [4.78, 5) is 17.0. The van der Waals surface area contributed by atoms with E-state index >= 15 is 0 Å². The Hall–Kier alpha value is -0.850. The van der Waals surface area contributed by atoms with Gasteiger partial charge in [-0.3, -0.25) is 9.78 Å². The Labute approximate surface area is 98.7 Å². The van der Waals surface area contributed by atoms with Gasteiger partial charge in [0.05, 0.1) is 10.4 Å². The van der Waals surface area contributed by atoms with Crippen molar-refractivity contribution in [2.24, 2.45) is 0 Å². The lowest BCUT2D eigenvalue weighted by Crippen LogP contribution is -2.09. The second kappa shape index (κ2) is 4.78. The van der Waals surface area contributed by atoms with Gasteiger partial charge < -0.3 is 0 Å². The van der Waals surface area contributed by atoms with Gasteiger partial charge in [0.15, 0.2) is 5.15 Å². The fourth-order valence-corrected chi connectivity index (χ4v) is 2.72. The third-order valence-electron chi connectivity index (χ3n) is 1.59. The average Bonchev–Trinajstić information content (AvgIpc) is 2.72. The highest BCUT2D eigenvalue weighted by atomic mass is 35.5. The van der Waals surface area contributed by atoms with E-state index in [-0.39, 0.29) is 5.56 Å². The highest BCUT2D eigenvalue weighted by Crippen LogP contribution is 2.22. The van der Waals surface area contributed by atoms with Gasteiger partial charge >= 0.3 is 0 Å². The molecule has 7 heteroatoms. The van der Waals surface area contributed by atoms with E-state index in [1.807, 2.05) is 0 Å². The molecule has 0 spiro atoms. The SMILES string of the molecule is O=c1[nH]nc(Cl)cc1SCc1cncs1. The van der Waals surface area contributed by atoms with Crippen molar-refractivity contribution < 1.29 is 0 Å². The molecule has 78 valence electrons. The molecule has 0 amide bonds. The van der Waals surface area contributed by atoms with Gasteiger partial charge in [-0.15, -0.1) is 23.1 Å². The topological polar surface area (TPSA) is 58.6 Å². The third-order valence-corrected chi connectivity index (χ3v) is 3.82. The fourth-order valence-electron chi connectivity index (χ4n) is 0.935. The normalized spacial score (nSPS) is 10.5. The van der Waals surface area contributed by atoms with E-state index in [0.717, 1.165) is 4.88 Å². The molecule has 4 nitrogen and oxygen atoms in total. The molecule has 0 unspecified atom stereocenters. The minimum atomic E-state index is -0.214. The van der Waals surface area contributed by atoms with E-state index in [0.29, 0.717) is 15.8 Å². The third kappa shape index (κ3) is 2.80. The fraction of sp³-hybridized carbons (Fsp3) is 0.125. The summed E-state index contributed by atoms with van der Waals surface area (Å²) in [5.41, 5.74) is 1.55. The minimum absolute atomic E-state index is 0.214. The number of hydrogen-bond donors (Lipinski definition) is 1. The van der Waals surface area contributed by atoms with Gasteiger partial charge in [-0.25, -0.2) is 5.10 Å². The van der Waals surface area contributed by atoms with Crippen molar-refractivity contribution in [1.29, 1.82) is 0 Å². The van der Waals surface area contributed by atoms with Crippen molar-refractivity contribution in [3.63, 3.8) is 0 Å². The van der Waals surface area contributed by atoms with Crippen LogP contribution in [0.2, 0.25) is 5.15 Å². The highest BCUT2D eigenvalue weighted by Gasteiger charge is 2.03. The molecule has 0 aromatic carbocycles. The number of rotatable bonds is 3. The van der Waals surface area contributed by atoms with E-state index in [1.54, 1.807) is 29.1 Å². The molecular formula is C8H6ClN3OS2. The van der Waals surface area contributed by atoms with Crippen LogP contribution in [0.3, 0.4) is 0 Å². The molecule has 1 N–H and O–H groups in total. The monoisotopic (exact) mass is 259 g/mol. The Morgan fingerprint density at radius 3 is 3.20 bits per heavy atom. The van der Waals surface area contributed by atoms with Crippen LogP contribution in [0, 0.1) is 0 Å². The smallest absolute Gasteiger partial charge is 0.267 e. The first-order valence-corrected chi connectivity index (χ1v) is 6.25. The zero-order valence-electron chi connectivity index (χ0n) is 7.44. The zero-order chi connectivity index (χ0) is 10.7. The van der Waals surface area contributed by atoms with Crippen LogP contribution in [-0.4, -0.2) is 15.2 Å². The van der Waals surface area contributed by atoms with Gasteiger partial charge in [-0.2, -0.15) is 5.10 Å². The standard InChI is InChI=1S/C8H6ClN3OS2/c9-7-1-6(8(13)12-11-7)14-3-5-2-10-4-15-5/h1-2,4H,3H2,(H,12,13). The molecule has 0 aliphatic rings. The number of hydrogen-bond acceptors (Lipinski definition) is 5. The molecule has 0 saturated carbocycles. The van der Waals surface area contributed by atoms with E-state index < -0.39 is 0 Å². The van der Waals surface area contributed by atoms with Gasteiger partial charge in [-0.05, 0) is 6.07 Å². The molecule has 0 atom stereocenters. The maximum atomic E-state index is 11.3. The molecule has 2 aromatic rings. The number of nitrogens with zero attached hydrogens (tertiary/aromatic N) is 2. The zero-order valence-corrected chi connectivity index (χ0v) is 9.83. The second-order valence-corrected chi connectivity index (χ2v) is 5.02. The van der Waals surface area contributed by atoms with E-state index in [4.69, 9.17) is 11.6 Å². The number of aromatic amines is 1. The van der Waals surface area contributed by atoms with E-state index in [9.17, 15) is 4.79 Å². The van der Waals surface area contributed by atoms with Gasteiger partial charge in [0.1, 0.15) is 0 Å². The molecule has 2 heterocycles. The van der Waals surface area contributed by atoms with Gasteiger partial charge in [0.25, 0.3) is 5.56 Å². The maximum Gasteiger partial charge on any atom is 0.277 e.